The number of unbranched alkanes of at least 4 members (excludes halogenated alkanes) is 2. The van der Waals surface area contributed by atoms with Gasteiger partial charge in [0.15, 0.2) is 0 Å². The third kappa shape index (κ3) is 6.96. The van der Waals surface area contributed by atoms with E-state index in [1.807, 2.05) is 0 Å². The zero-order valence-corrected chi connectivity index (χ0v) is 13.5. The van der Waals surface area contributed by atoms with E-state index in [0.717, 1.165) is 19.3 Å². The number of hydroxylamine groups is 2. The van der Waals surface area contributed by atoms with E-state index in [1.165, 1.54) is 7.11 Å². The highest BCUT2D eigenvalue weighted by atomic mass is 16.5. The molecule has 0 radical (unpaired) electrons. The minimum Gasteiger partial charge on any atom is -0.481 e. The van der Waals surface area contributed by atoms with Crippen molar-refractivity contribution in [1.29, 1.82) is 0 Å². The number of pyridine rings is 1. The lowest BCUT2D eigenvalue weighted by Gasteiger charge is -2.19. The van der Waals surface area contributed by atoms with E-state index in [2.05, 4.69) is 22.8 Å². The Morgan fingerprint density at radius 1 is 1.48 bits per heavy atom. The van der Waals surface area contributed by atoms with Gasteiger partial charge in [-0.05, 0) is 12.5 Å². The van der Waals surface area contributed by atoms with Gasteiger partial charge in [-0.25, -0.2) is 5.06 Å². The predicted octanol–water partition coefficient (Wildman–Crippen LogP) is 1.58. The number of carbonyl (C=O) groups excluding carboxylic acids is 2. The molecule has 23 heavy (non-hydrogen) atoms. The quantitative estimate of drug-likeness (QED) is 0.247. The van der Waals surface area contributed by atoms with Crippen molar-refractivity contribution in [3.05, 3.63) is 18.2 Å². The lowest BCUT2D eigenvalue weighted by molar-refractivity contribution is -0.154. The van der Waals surface area contributed by atoms with Crippen molar-refractivity contribution in [3.8, 4) is 5.88 Å². The summed E-state index contributed by atoms with van der Waals surface area (Å²) in [7, 11) is 1.50. The highest BCUT2D eigenvalue weighted by molar-refractivity contribution is 5.80. The molecule has 1 rings (SSSR count). The molecule has 2 amide bonds. The third-order valence-electron chi connectivity index (χ3n) is 3.30. The smallest absolute Gasteiger partial charge is 0.243 e. The number of anilines is 1. The number of hydrogen-bond acceptors (Lipinski definition) is 6. The van der Waals surface area contributed by atoms with E-state index >= 15 is 0 Å². The van der Waals surface area contributed by atoms with Crippen LogP contribution in [-0.4, -0.2) is 41.2 Å². The summed E-state index contributed by atoms with van der Waals surface area (Å²) in [4.78, 5) is 26.9. The highest BCUT2D eigenvalue weighted by Crippen LogP contribution is 2.13. The summed E-state index contributed by atoms with van der Waals surface area (Å²) in [6, 6.07) is 5.10. The number of hydrogen-bond donors (Lipinski definition) is 3. The first-order valence-electron chi connectivity index (χ1n) is 7.58. The molecule has 1 atom stereocenters. The number of hydrazine groups is 1. The molecule has 3 N–H and O–H groups in total. The van der Waals surface area contributed by atoms with Gasteiger partial charge in [0, 0.05) is 6.07 Å². The maximum absolute atomic E-state index is 12.2. The van der Waals surface area contributed by atoms with Crippen LogP contribution < -0.4 is 15.6 Å². The molecule has 8 nitrogen and oxygen atoms in total. The molecule has 0 unspecified atom stereocenters. The highest BCUT2D eigenvalue weighted by Gasteiger charge is 2.20. The Morgan fingerprint density at radius 2 is 2.26 bits per heavy atom. The molecule has 0 fully saturated rings. The van der Waals surface area contributed by atoms with Gasteiger partial charge in [-0.1, -0.05) is 32.3 Å². The van der Waals surface area contributed by atoms with Gasteiger partial charge < -0.3 is 4.74 Å². The number of nitrogens with zero attached hydrogens (tertiary/aromatic N) is 2. The van der Waals surface area contributed by atoms with Crippen molar-refractivity contribution < 1.29 is 19.5 Å². The fourth-order valence-corrected chi connectivity index (χ4v) is 2.04. The molecule has 0 aliphatic heterocycles. The largest absolute Gasteiger partial charge is 0.481 e. The molecule has 8 heteroatoms. The average molecular weight is 324 g/mol. The molecule has 0 spiro atoms. The fraction of sp³-hybridized carbons (Fsp3) is 0.533. The van der Waals surface area contributed by atoms with Crippen LogP contribution in [0.3, 0.4) is 0 Å². The summed E-state index contributed by atoms with van der Waals surface area (Å²) in [5.41, 5.74) is 5.25. The van der Waals surface area contributed by atoms with Crippen LogP contribution in [0.2, 0.25) is 0 Å². The van der Waals surface area contributed by atoms with Crippen LogP contribution in [0.1, 0.15) is 32.6 Å². The topological polar surface area (TPSA) is 104 Å². The summed E-state index contributed by atoms with van der Waals surface area (Å²) in [5, 5.41) is 9.81. The lowest BCUT2D eigenvalue weighted by Crippen LogP contribution is -2.40. The summed E-state index contributed by atoms with van der Waals surface area (Å²) >= 11 is 0. The summed E-state index contributed by atoms with van der Waals surface area (Å²) in [6.07, 6.45) is 3.73. The van der Waals surface area contributed by atoms with Gasteiger partial charge in [0.05, 0.1) is 19.6 Å². The second-order valence-electron chi connectivity index (χ2n) is 5.10. The van der Waals surface area contributed by atoms with Crippen molar-refractivity contribution in [3.63, 3.8) is 0 Å². The van der Waals surface area contributed by atoms with Crippen molar-refractivity contribution in [2.45, 2.75) is 32.6 Å². The number of methoxy groups -OCH3 is 1. The average Bonchev–Trinajstić information content (AvgIpc) is 2.58. The van der Waals surface area contributed by atoms with E-state index in [0.29, 0.717) is 23.2 Å². The van der Waals surface area contributed by atoms with Crippen LogP contribution in [0.25, 0.3) is 0 Å². The number of ether oxygens (including phenoxy) is 1. The SMILES string of the molecule is CCCCC[C@H](CN(O)C=O)C(=O)NNc1cccc(OC)n1. The number of aromatic nitrogens is 1. The Balaban J connectivity index is 2.58. The Kier molecular flexibility index (Phi) is 8.45. The molecule has 128 valence electrons. The number of nitrogens with one attached hydrogen (secondary N) is 2. The van der Waals surface area contributed by atoms with Crippen LogP contribution in [0.4, 0.5) is 5.82 Å². The Labute approximate surface area is 135 Å². The van der Waals surface area contributed by atoms with Crippen molar-refractivity contribution in [1.82, 2.24) is 15.5 Å². The van der Waals surface area contributed by atoms with Crippen LogP contribution >= 0.6 is 0 Å². The molecular formula is C15H24N4O4. The fourth-order valence-electron chi connectivity index (χ4n) is 2.04. The zero-order valence-electron chi connectivity index (χ0n) is 13.5. The normalized spacial score (nSPS) is 11.4. The van der Waals surface area contributed by atoms with Gasteiger partial charge in [-0.2, -0.15) is 4.98 Å². The summed E-state index contributed by atoms with van der Waals surface area (Å²) < 4.78 is 5.00. The van der Waals surface area contributed by atoms with Crippen LogP contribution in [-0.2, 0) is 9.59 Å². The molecule has 1 aromatic rings. The van der Waals surface area contributed by atoms with Gasteiger partial charge >= 0.3 is 0 Å². The van der Waals surface area contributed by atoms with E-state index in [4.69, 9.17) is 4.74 Å². The summed E-state index contributed by atoms with van der Waals surface area (Å²) in [6.45, 7) is 2.02. The van der Waals surface area contributed by atoms with Crippen molar-refractivity contribution in [2.75, 3.05) is 19.1 Å². The molecule has 0 aromatic carbocycles. The standard InChI is InChI=1S/C15H24N4O4/c1-3-4-5-7-12(10-19(22)11-20)15(21)18-17-13-8-6-9-14(16-13)23-2/h6,8-9,11-12,22H,3-5,7,10H2,1-2H3,(H,16,17)(H,18,21)/t12-/m1/s1. The van der Waals surface area contributed by atoms with E-state index in [9.17, 15) is 14.8 Å². The number of carbonyl (C=O) groups is 2. The zero-order chi connectivity index (χ0) is 17.1. The van der Waals surface area contributed by atoms with E-state index < -0.39 is 5.92 Å². The van der Waals surface area contributed by atoms with Crippen LogP contribution in [0.5, 0.6) is 5.88 Å². The first-order valence-corrected chi connectivity index (χ1v) is 7.58. The minimum absolute atomic E-state index is 0.0493. The van der Waals surface area contributed by atoms with Crippen molar-refractivity contribution in [2.24, 2.45) is 5.92 Å². The molecule has 0 bridgehead atoms. The molecular weight excluding hydrogens is 300 g/mol. The Hall–Kier alpha value is -2.35. The molecule has 0 saturated heterocycles. The monoisotopic (exact) mass is 324 g/mol. The number of rotatable bonds is 11. The van der Waals surface area contributed by atoms with Crippen molar-refractivity contribution >= 4 is 18.1 Å². The van der Waals surface area contributed by atoms with Gasteiger partial charge in [0.25, 0.3) is 0 Å². The predicted molar refractivity (Wildman–Crippen MR) is 84.7 cm³/mol. The van der Waals surface area contributed by atoms with Gasteiger partial charge in [-0.15, -0.1) is 0 Å². The van der Waals surface area contributed by atoms with E-state index in [-0.39, 0.29) is 18.9 Å². The third-order valence-corrected chi connectivity index (χ3v) is 3.30. The van der Waals surface area contributed by atoms with Gasteiger partial charge in [-0.3, -0.25) is 25.6 Å². The van der Waals surface area contributed by atoms with Gasteiger partial charge in [0.2, 0.25) is 18.2 Å². The van der Waals surface area contributed by atoms with Crippen LogP contribution in [0, 0.1) is 5.92 Å². The minimum atomic E-state index is -0.505. The van der Waals surface area contributed by atoms with Crippen LogP contribution in [0.15, 0.2) is 18.2 Å². The Morgan fingerprint density at radius 3 is 2.91 bits per heavy atom. The lowest BCUT2D eigenvalue weighted by atomic mass is 10.0. The number of amides is 2. The van der Waals surface area contributed by atoms with E-state index in [1.54, 1.807) is 18.2 Å². The van der Waals surface area contributed by atoms with Gasteiger partial charge in [0.1, 0.15) is 5.82 Å². The first kappa shape index (κ1) is 18.7. The maximum atomic E-state index is 12.2. The summed E-state index contributed by atoms with van der Waals surface area (Å²) in [5.74, 6) is 0.0361. The molecule has 0 saturated carbocycles. The maximum Gasteiger partial charge on any atom is 0.243 e. The second-order valence-corrected chi connectivity index (χ2v) is 5.10. The molecule has 0 aliphatic rings. The Bertz CT molecular complexity index is 498. The molecule has 1 heterocycles. The first-order chi connectivity index (χ1) is 11.1. The second kappa shape index (κ2) is 10.4. The molecule has 0 aliphatic carbocycles. The molecule has 1 aromatic heterocycles.